The Hall–Kier alpha value is -1.32. The Labute approximate surface area is 131 Å². The van der Waals surface area contributed by atoms with Gasteiger partial charge in [-0.1, -0.05) is 30.7 Å². The molecular weight excluding hydrogens is 282 g/mol. The molecule has 1 fully saturated rings. The number of hydrogen-bond donors (Lipinski definition) is 1. The van der Waals surface area contributed by atoms with Crippen molar-refractivity contribution in [3.8, 4) is 0 Å². The first-order valence-corrected chi connectivity index (χ1v) is 8.05. The lowest BCUT2D eigenvalue weighted by Crippen LogP contribution is -2.23. The Morgan fingerprint density at radius 3 is 2.67 bits per heavy atom. The Morgan fingerprint density at radius 2 is 2.05 bits per heavy atom. The van der Waals surface area contributed by atoms with Crippen molar-refractivity contribution in [3.05, 3.63) is 52.3 Å². The van der Waals surface area contributed by atoms with Gasteiger partial charge in [0, 0.05) is 36.4 Å². The highest BCUT2D eigenvalue weighted by atomic mass is 35.5. The second kappa shape index (κ2) is 6.20. The van der Waals surface area contributed by atoms with Gasteiger partial charge in [0.25, 0.3) is 0 Å². The zero-order chi connectivity index (χ0) is 14.8. The van der Waals surface area contributed by atoms with Gasteiger partial charge in [-0.15, -0.1) is 0 Å². The number of aryl methyl sites for hydroxylation is 2. The Kier molecular flexibility index (Phi) is 4.32. The summed E-state index contributed by atoms with van der Waals surface area (Å²) in [5.74, 6) is 0.757. The van der Waals surface area contributed by atoms with Crippen LogP contribution in [0.25, 0.3) is 0 Å². The van der Waals surface area contributed by atoms with E-state index in [0.717, 1.165) is 23.9 Å². The van der Waals surface area contributed by atoms with E-state index < -0.39 is 0 Å². The van der Waals surface area contributed by atoms with E-state index in [4.69, 9.17) is 11.6 Å². The first-order chi connectivity index (χ1) is 10.2. The van der Waals surface area contributed by atoms with Gasteiger partial charge in [0.1, 0.15) is 0 Å². The maximum atomic E-state index is 6.00. The molecule has 112 valence electrons. The second-order valence-electron chi connectivity index (χ2n) is 5.88. The highest BCUT2D eigenvalue weighted by Gasteiger charge is 2.32. The average Bonchev–Trinajstić information content (AvgIpc) is 3.24. The second-order valence-corrected chi connectivity index (χ2v) is 6.31. The van der Waals surface area contributed by atoms with Crippen LogP contribution >= 0.6 is 11.6 Å². The van der Waals surface area contributed by atoms with Crippen molar-refractivity contribution in [2.75, 3.05) is 0 Å². The molecule has 1 aromatic heterocycles. The number of nitrogens with one attached hydrogen (secondary N) is 1. The normalized spacial score (nSPS) is 16.1. The van der Waals surface area contributed by atoms with E-state index >= 15 is 0 Å². The molecule has 1 N–H and O–H groups in total. The SMILES string of the molecule is CCc1nn(C)cc1CNC(c1ccc(Cl)cc1)C1CC1. The summed E-state index contributed by atoms with van der Waals surface area (Å²) in [6, 6.07) is 8.67. The van der Waals surface area contributed by atoms with Gasteiger partial charge >= 0.3 is 0 Å². The Balaban J connectivity index is 1.72. The Bertz CT molecular complexity index is 599. The molecule has 0 saturated heterocycles. The molecule has 1 aliphatic rings. The summed E-state index contributed by atoms with van der Waals surface area (Å²) in [4.78, 5) is 0. The molecule has 1 aromatic carbocycles. The summed E-state index contributed by atoms with van der Waals surface area (Å²) in [5, 5.41) is 9.04. The van der Waals surface area contributed by atoms with Crippen LogP contribution in [0.1, 0.15) is 42.6 Å². The molecule has 0 amide bonds. The van der Waals surface area contributed by atoms with E-state index in [-0.39, 0.29) is 0 Å². The molecule has 0 radical (unpaired) electrons. The largest absolute Gasteiger partial charge is 0.305 e. The predicted molar refractivity (Wildman–Crippen MR) is 86.3 cm³/mol. The zero-order valence-electron chi connectivity index (χ0n) is 12.6. The van der Waals surface area contributed by atoms with Gasteiger partial charge in [-0.3, -0.25) is 4.68 Å². The quantitative estimate of drug-likeness (QED) is 0.878. The summed E-state index contributed by atoms with van der Waals surface area (Å²) in [6.45, 7) is 3.03. The van der Waals surface area contributed by atoms with Gasteiger partial charge in [-0.05, 0) is 42.9 Å². The van der Waals surface area contributed by atoms with Crippen LogP contribution < -0.4 is 5.32 Å². The molecule has 1 unspecified atom stereocenters. The highest BCUT2D eigenvalue weighted by Crippen LogP contribution is 2.41. The van der Waals surface area contributed by atoms with E-state index in [9.17, 15) is 0 Å². The summed E-state index contributed by atoms with van der Waals surface area (Å²) in [7, 11) is 1.99. The fourth-order valence-electron chi connectivity index (χ4n) is 2.91. The number of halogens is 1. The van der Waals surface area contributed by atoms with Gasteiger partial charge in [0.15, 0.2) is 0 Å². The van der Waals surface area contributed by atoms with Gasteiger partial charge < -0.3 is 5.32 Å². The average molecular weight is 304 g/mol. The topological polar surface area (TPSA) is 29.9 Å². The van der Waals surface area contributed by atoms with E-state index in [1.165, 1.54) is 29.7 Å². The minimum absolute atomic E-state index is 0.423. The maximum absolute atomic E-state index is 6.00. The number of rotatable bonds is 6. The monoisotopic (exact) mass is 303 g/mol. The van der Waals surface area contributed by atoms with Crippen molar-refractivity contribution in [1.29, 1.82) is 0 Å². The summed E-state index contributed by atoms with van der Waals surface area (Å²) in [6.07, 6.45) is 5.73. The molecule has 1 aliphatic carbocycles. The van der Waals surface area contributed by atoms with Gasteiger partial charge in [-0.25, -0.2) is 0 Å². The maximum Gasteiger partial charge on any atom is 0.0666 e. The van der Waals surface area contributed by atoms with Crippen LogP contribution in [0.4, 0.5) is 0 Å². The summed E-state index contributed by atoms with van der Waals surface area (Å²) >= 11 is 6.00. The lowest BCUT2D eigenvalue weighted by atomic mass is 10.0. The van der Waals surface area contributed by atoms with E-state index in [2.05, 4.69) is 35.7 Å². The van der Waals surface area contributed by atoms with Crippen molar-refractivity contribution < 1.29 is 0 Å². The smallest absolute Gasteiger partial charge is 0.0666 e. The number of nitrogens with zero attached hydrogens (tertiary/aromatic N) is 2. The van der Waals surface area contributed by atoms with Crippen molar-refractivity contribution in [2.24, 2.45) is 13.0 Å². The molecule has 3 nitrogen and oxygen atoms in total. The third kappa shape index (κ3) is 3.47. The third-order valence-corrected chi connectivity index (χ3v) is 4.41. The molecular formula is C17H22ClN3. The molecule has 1 atom stereocenters. The molecule has 3 rings (SSSR count). The van der Waals surface area contributed by atoms with E-state index in [1.807, 2.05) is 23.9 Å². The minimum atomic E-state index is 0.423. The van der Waals surface area contributed by atoms with Crippen molar-refractivity contribution in [3.63, 3.8) is 0 Å². The van der Waals surface area contributed by atoms with Gasteiger partial charge in [0.2, 0.25) is 0 Å². The molecule has 0 spiro atoms. The lowest BCUT2D eigenvalue weighted by molar-refractivity contribution is 0.479. The van der Waals surface area contributed by atoms with Gasteiger partial charge in [-0.2, -0.15) is 5.10 Å². The number of hydrogen-bond acceptors (Lipinski definition) is 2. The Morgan fingerprint density at radius 1 is 1.33 bits per heavy atom. The lowest BCUT2D eigenvalue weighted by Gasteiger charge is -2.19. The zero-order valence-corrected chi connectivity index (χ0v) is 13.4. The molecule has 2 aromatic rings. The van der Waals surface area contributed by atoms with E-state index in [1.54, 1.807) is 0 Å². The van der Waals surface area contributed by atoms with Crippen LogP contribution in [0.15, 0.2) is 30.5 Å². The van der Waals surface area contributed by atoms with Crippen LogP contribution in [0.3, 0.4) is 0 Å². The molecule has 0 bridgehead atoms. The fourth-order valence-corrected chi connectivity index (χ4v) is 3.03. The highest BCUT2D eigenvalue weighted by molar-refractivity contribution is 6.30. The van der Waals surface area contributed by atoms with E-state index in [0.29, 0.717) is 6.04 Å². The predicted octanol–water partition coefficient (Wildman–Crippen LogP) is 3.88. The van der Waals surface area contributed by atoms with Crippen LogP contribution in [0.5, 0.6) is 0 Å². The molecule has 21 heavy (non-hydrogen) atoms. The van der Waals surface area contributed by atoms with Crippen molar-refractivity contribution in [1.82, 2.24) is 15.1 Å². The third-order valence-electron chi connectivity index (χ3n) is 4.16. The summed E-state index contributed by atoms with van der Waals surface area (Å²) < 4.78 is 1.91. The molecule has 0 aliphatic heterocycles. The fraction of sp³-hybridized carbons (Fsp3) is 0.471. The van der Waals surface area contributed by atoms with Gasteiger partial charge in [0.05, 0.1) is 5.69 Å². The summed E-state index contributed by atoms with van der Waals surface area (Å²) in [5.41, 5.74) is 3.83. The number of aromatic nitrogens is 2. The first-order valence-electron chi connectivity index (χ1n) is 7.67. The minimum Gasteiger partial charge on any atom is -0.305 e. The molecule has 1 saturated carbocycles. The van der Waals surface area contributed by atoms with Crippen molar-refractivity contribution >= 4 is 11.6 Å². The van der Waals surface area contributed by atoms with Crippen LogP contribution in [-0.2, 0) is 20.0 Å². The van der Waals surface area contributed by atoms with Crippen molar-refractivity contribution in [2.45, 2.75) is 38.8 Å². The number of benzene rings is 1. The van der Waals surface area contributed by atoms with Crippen LogP contribution in [0, 0.1) is 5.92 Å². The van der Waals surface area contributed by atoms with Crippen LogP contribution in [0.2, 0.25) is 5.02 Å². The molecule has 4 heteroatoms. The standard InChI is InChI=1S/C17H22ClN3/c1-3-16-14(11-21(2)20-16)10-19-17(12-4-5-12)13-6-8-15(18)9-7-13/h6-9,11-12,17,19H,3-5,10H2,1-2H3. The molecule has 1 heterocycles. The van der Waals surface area contributed by atoms with Crippen LogP contribution in [-0.4, -0.2) is 9.78 Å². The first kappa shape index (κ1) is 14.6.